The van der Waals surface area contributed by atoms with E-state index in [9.17, 15) is 4.39 Å². The lowest BCUT2D eigenvalue weighted by molar-refractivity contribution is 0.302. The van der Waals surface area contributed by atoms with Crippen LogP contribution in [0.2, 0.25) is 0 Å². The predicted molar refractivity (Wildman–Crippen MR) is 121 cm³/mol. The Morgan fingerprint density at radius 1 is 0.935 bits per heavy atom. The van der Waals surface area contributed by atoms with Gasteiger partial charge in [-0.1, -0.05) is 6.07 Å². The highest BCUT2D eigenvalue weighted by Gasteiger charge is 2.41. The first-order valence-corrected chi connectivity index (χ1v) is 10.4. The minimum Gasteiger partial charge on any atom is -0.352 e. The van der Waals surface area contributed by atoms with Gasteiger partial charge in [0.05, 0.1) is 17.8 Å². The van der Waals surface area contributed by atoms with Crippen LogP contribution in [0.5, 0.6) is 0 Å². The molecule has 0 unspecified atom stereocenters. The summed E-state index contributed by atoms with van der Waals surface area (Å²) >= 11 is 5.76. The Labute approximate surface area is 185 Å². The van der Waals surface area contributed by atoms with Crippen molar-refractivity contribution in [1.29, 1.82) is 0 Å². The molecule has 2 atom stereocenters. The molecule has 1 fully saturated rings. The zero-order chi connectivity index (χ0) is 21.2. The summed E-state index contributed by atoms with van der Waals surface area (Å²) in [4.78, 5) is 10.9. The fraction of sp³-hybridized carbons (Fsp3) is 0.125. The Balaban J connectivity index is 1.60. The third-order valence-electron chi connectivity index (χ3n) is 5.49. The molecule has 1 N–H and O–H groups in total. The topological polar surface area (TPSA) is 46.0 Å². The fourth-order valence-electron chi connectivity index (χ4n) is 4.05. The maximum Gasteiger partial charge on any atom is 0.170 e. The SMILES string of the molecule is Fc1ccc(-n2cccc2[C@H]2[C@@H](c3ccccn3)NC(=S)N2Cc2ccncc2)cc1. The minimum absolute atomic E-state index is 0.101. The number of halogens is 1. The van der Waals surface area contributed by atoms with Gasteiger partial charge in [0, 0.05) is 42.7 Å². The Morgan fingerprint density at radius 3 is 2.48 bits per heavy atom. The van der Waals surface area contributed by atoms with Crippen molar-refractivity contribution < 1.29 is 4.39 Å². The molecule has 1 aliphatic heterocycles. The van der Waals surface area contributed by atoms with Gasteiger partial charge in [-0.3, -0.25) is 9.97 Å². The van der Waals surface area contributed by atoms with Crippen molar-refractivity contribution >= 4 is 17.3 Å². The van der Waals surface area contributed by atoms with Crippen LogP contribution in [0.3, 0.4) is 0 Å². The van der Waals surface area contributed by atoms with E-state index in [2.05, 4.69) is 30.8 Å². The molecule has 3 aromatic heterocycles. The summed E-state index contributed by atoms with van der Waals surface area (Å²) in [7, 11) is 0. The van der Waals surface area contributed by atoms with Gasteiger partial charge in [0.15, 0.2) is 5.11 Å². The lowest BCUT2D eigenvalue weighted by atomic mass is 10.0. The number of rotatable bonds is 5. The lowest BCUT2D eigenvalue weighted by Crippen LogP contribution is -2.30. The van der Waals surface area contributed by atoms with Crippen LogP contribution in [0, 0.1) is 5.82 Å². The van der Waals surface area contributed by atoms with E-state index in [1.807, 2.05) is 42.6 Å². The molecule has 0 radical (unpaired) electrons. The van der Waals surface area contributed by atoms with Gasteiger partial charge in [-0.05, 0) is 78.4 Å². The van der Waals surface area contributed by atoms with Gasteiger partial charge in [0.25, 0.3) is 0 Å². The zero-order valence-corrected chi connectivity index (χ0v) is 17.4. The van der Waals surface area contributed by atoms with Gasteiger partial charge in [0.1, 0.15) is 5.82 Å². The quantitative estimate of drug-likeness (QED) is 0.471. The highest BCUT2D eigenvalue weighted by atomic mass is 32.1. The van der Waals surface area contributed by atoms with E-state index in [0.29, 0.717) is 11.7 Å². The van der Waals surface area contributed by atoms with Crippen LogP contribution >= 0.6 is 12.2 Å². The molecule has 0 aliphatic carbocycles. The van der Waals surface area contributed by atoms with Crippen LogP contribution in [0.4, 0.5) is 4.39 Å². The van der Waals surface area contributed by atoms with Gasteiger partial charge in [-0.2, -0.15) is 0 Å². The molecular formula is C24H20FN5S. The van der Waals surface area contributed by atoms with Gasteiger partial charge in [-0.25, -0.2) is 4.39 Å². The van der Waals surface area contributed by atoms with Crippen molar-refractivity contribution in [3.05, 3.63) is 114 Å². The van der Waals surface area contributed by atoms with Crippen molar-refractivity contribution in [2.24, 2.45) is 0 Å². The Kier molecular flexibility index (Phi) is 5.18. The lowest BCUT2D eigenvalue weighted by Gasteiger charge is -2.29. The van der Waals surface area contributed by atoms with Crippen LogP contribution in [0.25, 0.3) is 5.69 Å². The average molecular weight is 430 g/mol. The number of thiocarbonyl (C=S) groups is 1. The Morgan fingerprint density at radius 2 is 1.74 bits per heavy atom. The van der Waals surface area contributed by atoms with Crippen LogP contribution < -0.4 is 5.32 Å². The maximum absolute atomic E-state index is 13.5. The zero-order valence-electron chi connectivity index (χ0n) is 16.6. The van der Waals surface area contributed by atoms with Crippen LogP contribution in [0.15, 0.2) is 91.5 Å². The highest BCUT2D eigenvalue weighted by Crippen LogP contribution is 2.40. The van der Waals surface area contributed by atoms with Crippen molar-refractivity contribution in [3.63, 3.8) is 0 Å². The van der Waals surface area contributed by atoms with Crippen molar-refractivity contribution in [3.8, 4) is 5.69 Å². The molecule has 4 aromatic rings. The number of hydrogen-bond acceptors (Lipinski definition) is 3. The first-order chi connectivity index (χ1) is 15.2. The smallest absolute Gasteiger partial charge is 0.170 e. The van der Waals surface area contributed by atoms with E-state index in [4.69, 9.17) is 12.2 Å². The summed E-state index contributed by atoms with van der Waals surface area (Å²) in [5.41, 5.74) is 3.97. The summed E-state index contributed by atoms with van der Waals surface area (Å²) < 4.78 is 15.6. The molecule has 5 rings (SSSR count). The van der Waals surface area contributed by atoms with E-state index in [0.717, 1.165) is 22.6 Å². The summed E-state index contributed by atoms with van der Waals surface area (Å²) in [6.45, 7) is 0.636. The van der Waals surface area contributed by atoms with E-state index < -0.39 is 0 Å². The van der Waals surface area contributed by atoms with Crippen molar-refractivity contribution in [1.82, 2.24) is 24.8 Å². The molecule has 31 heavy (non-hydrogen) atoms. The van der Waals surface area contributed by atoms with Gasteiger partial charge >= 0.3 is 0 Å². The number of nitrogens with one attached hydrogen (secondary N) is 1. The van der Waals surface area contributed by atoms with Gasteiger partial charge < -0.3 is 14.8 Å². The molecule has 0 spiro atoms. The molecular weight excluding hydrogens is 409 g/mol. The van der Waals surface area contributed by atoms with Crippen LogP contribution in [-0.4, -0.2) is 24.5 Å². The molecule has 5 nitrogen and oxygen atoms in total. The molecule has 1 saturated heterocycles. The van der Waals surface area contributed by atoms with Gasteiger partial charge in [-0.15, -0.1) is 0 Å². The van der Waals surface area contributed by atoms with E-state index in [1.54, 1.807) is 30.7 Å². The second kappa shape index (κ2) is 8.28. The predicted octanol–water partition coefficient (Wildman–Crippen LogP) is 4.58. The third-order valence-corrected chi connectivity index (χ3v) is 5.84. The van der Waals surface area contributed by atoms with E-state index in [-0.39, 0.29) is 17.9 Å². The largest absolute Gasteiger partial charge is 0.352 e. The van der Waals surface area contributed by atoms with Crippen molar-refractivity contribution in [2.45, 2.75) is 18.6 Å². The van der Waals surface area contributed by atoms with Crippen molar-refractivity contribution in [2.75, 3.05) is 0 Å². The minimum atomic E-state index is -0.258. The molecule has 4 heterocycles. The second-order valence-electron chi connectivity index (χ2n) is 7.39. The molecule has 1 aliphatic rings. The summed E-state index contributed by atoms with van der Waals surface area (Å²) in [5.74, 6) is -0.258. The Bertz CT molecular complexity index is 1180. The normalized spacial score (nSPS) is 18.2. The first kappa shape index (κ1) is 19.4. The number of benzene rings is 1. The first-order valence-electron chi connectivity index (χ1n) is 10.0. The highest BCUT2D eigenvalue weighted by molar-refractivity contribution is 7.80. The second-order valence-corrected chi connectivity index (χ2v) is 7.78. The summed E-state index contributed by atoms with van der Waals surface area (Å²) in [6, 6.07) is 20.2. The number of aromatic nitrogens is 3. The average Bonchev–Trinajstić information content (AvgIpc) is 3.40. The standard InChI is InChI=1S/C24H20FN5S/c25-18-6-8-19(9-7-18)29-15-3-5-21(29)23-22(20-4-1-2-12-27-20)28-24(31)30(23)16-17-10-13-26-14-11-17/h1-15,22-23H,16H2,(H,28,31)/t22-,23+/m1/s1. The molecule has 1 aromatic carbocycles. The fourth-order valence-corrected chi connectivity index (χ4v) is 4.36. The number of hydrogen-bond donors (Lipinski definition) is 1. The number of nitrogens with zero attached hydrogens (tertiary/aromatic N) is 4. The summed E-state index contributed by atoms with van der Waals surface area (Å²) in [5, 5.41) is 4.14. The van der Waals surface area contributed by atoms with Gasteiger partial charge in [0.2, 0.25) is 0 Å². The molecule has 154 valence electrons. The van der Waals surface area contributed by atoms with Crippen LogP contribution in [-0.2, 0) is 6.54 Å². The monoisotopic (exact) mass is 429 g/mol. The molecule has 0 bridgehead atoms. The molecule has 7 heteroatoms. The van der Waals surface area contributed by atoms with E-state index >= 15 is 0 Å². The molecule has 0 amide bonds. The maximum atomic E-state index is 13.5. The Hall–Kier alpha value is -3.58. The number of pyridine rings is 2. The van der Waals surface area contributed by atoms with E-state index in [1.165, 1.54) is 12.1 Å². The third kappa shape index (κ3) is 3.80. The summed E-state index contributed by atoms with van der Waals surface area (Å²) in [6.07, 6.45) is 7.36. The van der Waals surface area contributed by atoms with Crippen LogP contribution in [0.1, 0.15) is 29.0 Å². The molecule has 0 saturated carbocycles.